The van der Waals surface area contributed by atoms with Gasteiger partial charge in [0.15, 0.2) is 0 Å². The van der Waals surface area contributed by atoms with Crippen LogP contribution in [0, 0.1) is 5.41 Å². The Balaban J connectivity index is 2.28. The van der Waals surface area contributed by atoms with E-state index in [-0.39, 0.29) is 6.04 Å². The molecule has 0 aromatic carbocycles. The summed E-state index contributed by atoms with van der Waals surface area (Å²) in [7, 11) is 0. The summed E-state index contributed by atoms with van der Waals surface area (Å²) in [6.45, 7) is 5.65. The van der Waals surface area contributed by atoms with Crippen LogP contribution in [0.25, 0.3) is 0 Å². The van der Waals surface area contributed by atoms with Crippen LogP contribution in [-0.2, 0) is 6.42 Å². The van der Waals surface area contributed by atoms with Gasteiger partial charge in [0, 0.05) is 11.9 Å². The number of hydrogen-bond donors (Lipinski definition) is 3. The van der Waals surface area contributed by atoms with Gasteiger partial charge >= 0.3 is 0 Å². The van der Waals surface area contributed by atoms with E-state index < -0.39 is 0 Å². The number of thiazole rings is 1. The van der Waals surface area contributed by atoms with Crippen molar-refractivity contribution in [1.29, 1.82) is 5.41 Å². The third kappa shape index (κ3) is 2.37. The Morgan fingerprint density at radius 3 is 3.18 bits per heavy atom. The van der Waals surface area contributed by atoms with E-state index >= 15 is 0 Å². The SMILES string of the molecule is CCc1nc(C(=N)[N+]2=C(N)C(C)NCC2)cs1. The Morgan fingerprint density at radius 1 is 1.76 bits per heavy atom. The molecule has 92 valence electrons. The molecule has 0 amide bonds. The molecule has 1 aromatic rings. The highest BCUT2D eigenvalue weighted by Crippen LogP contribution is 2.11. The number of nitrogens with zero attached hydrogens (tertiary/aromatic N) is 2. The van der Waals surface area contributed by atoms with Gasteiger partial charge in [-0.2, -0.15) is 5.41 Å². The van der Waals surface area contributed by atoms with Crippen molar-refractivity contribution in [2.24, 2.45) is 5.73 Å². The average molecular weight is 252 g/mol. The van der Waals surface area contributed by atoms with Crippen LogP contribution in [0.5, 0.6) is 0 Å². The lowest BCUT2D eigenvalue weighted by Crippen LogP contribution is -2.53. The minimum atomic E-state index is 0.119. The van der Waals surface area contributed by atoms with Crippen LogP contribution < -0.4 is 11.1 Å². The van der Waals surface area contributed by atoms with Crippen molar-refractivity contribution in [3.63, 3.8) is 0 Å². The Hall–Kier alpha value is -1.27. The molecule has 6 heteroatoms. The highest BCUT2D eigenvalue weighted by atomic mass is 32.1. The smallest absolute Gasteiger partial charge is 0.281 e. The van der Waals surface area contributed by atoms with Crippen LogP contribution >= 0.6 is 11.3 Å². The van der Waals surface area contributed by atoms with Crippen LogP contribution in [0.1, 0.15) is 24.5 Å². The van der Waals surface area contributed by atoms with Crippen molar-refractivity contribution in [2.45, 2.75) is 26.3 Å². The van der Waals surface area contributed by atoms with E-state index in [4.69, 9.17) is 11.1 Å². The van der Waals surface area contributed by atoms with Crippen LogP contribution in [-0.4, -0.2) is 40.4 Å². The second-order valence-corrected chi connectivity index (χ2v) is 5.02. The topological polar surface area (TPSA) is 77.8 Å². The third-order valence-electron chi connectivity index (χ3n) is 2.91. The number of hydrogen-bond acceptors (Lipinski definition) is 5. The molecule has 0 aliphatic carbocycles. The molecule has 1 unspecified atom stereocenters. The quantitative estimate of drug-likeness (QED) is 0.405. The summed E-state index contributed by atoms with van der Waals surface area (Å²) in [4.78, 5) is 4.43. The third-order valence-corrected chi connectivity index (χ3v) is 3.90. The lowest BCUT2D eigenvalue weighted by molar-refractivity contribution is -0.415. The maximum Gasteiger partial charge on any atom is 0.281 e. The largest absolute Gasteiger partial charge is 0.321 e. The first-order chi connectivity index (χ1) is 8.13. The molecule has 4 N–H and O–H groups in total. The van der Waals surface area contributed by atoms with E-state index in [0.717, 1.165) is 30.2 Å². The van der Waals surface area contributed by atoms with Gasteiger partial charge in [-0.25, -0.2) is 9.56 Å². The van der Waals surface area contributed by atoms with E-state index in [1.165, 1.54) is 0 Å². The van der Waals surface area contributed by atoms with Gasteiger partial charge in [0.25, 0.3) is 5.84 Å². The highest BCUT2D eigenvalue weighted by molar-refractivity contribution is 7.09. The molecule has 1 aromatic heterocycles. The van der Waals surface area contributed by atoms with Crippen molar-refractivity contribution in [1.82, 2.24) is 10.3 Å². The van der Waals surface area contributed by atoms with Gasteiger partial charge in [-0.3, -0.25) is 0 Å². The van der Waals surface area contributed by atoms with E-state index in [9.17, 15) is 0 Å². The summed E-state index contributed by atoms with van der Waals surface area (Å²) in [5, 5.41) is 14.4. The van der Waals surface area contributed by atoms with Crippen LogP contribution in [0.15, 0.2) is 5.38 Å². The highest BCUT2D eigenvalue weighted by Gasteiger charge is 2.25. The molecule has 17 heavy (non-hydrogen) atoms. The molecule has 0 spiro atoms. The monoisotopic (exact) mass is 252 g/mol. The van der Waals surface area contributed by atoms with E-state index in [0.29, 0.717) is 11.7 Å². The van der Waals surface area contributed by atoms with Crippen LogP contribution in [0.4, 0.5) is 0 Å². The first kappa shape index (κ1) is 12.2. The summed E-state index contributed by atoms with van der Waals surface area (Å²) in [5.41, 5.74) is 6.74. The van der Waals surface area contributed by atoms with Gasteiger partial charge in [0.2, 0.25) is 5.84 Å². The standard InChI is InChI=1S/C11H17N5S/c1-3-9-15-8(6-17-9)11(13)16-5-4-14-7(2)10(16)12/h6-7,12-14H,3-5H2,1-2H3/p+1. The van der Waals surface area contributed by atoms with Crippen molar-refractivity contribution in [2.75, 3.05) is 13.1 Å². The molecule has 2 heterocycles. The molecule has 0 radical (unpaired) electrons. The normalized spacial score (nSPS) is 20.7. The molecular weight excluding hydrogens is 234 g/mol. The van der Waals surface area contributed by atoms with E-state index in [1.807, 2.05) is 16.9 Å². The molecule has 1 aliphatic rings. The summed E-state index contributed by atoms with van der Waals surface area (Å²) >= 11 is 1.60. The fourth-order valence-corrected chi connectivity index (χ4v) is 2.55. The predicted molar refractivity (Wildman–Crippen MR) is 70.1 cm³/mol. The lowest BCUT2D eigenvalue weighted by atomic mass is 10.2. The number of nitrogens with one attached hydrogen (secondary N) is 2. The van der Waals surface area contributed by atoms with Crippen molar-refractivity contribution in [3.05, 3.63) is 16.1 Å². The van der Waals surface area contributed by atoms with Gasteiger partial charge in [0.05, 0.1) is 17.6 Å². The summed E-state index contributed by atoms with van der Waals surface area (Å²) < 4.78 is 1.84. The molecule has 1 aliphatic heterocycles. The fraction of sp³-hybridized carbons (Fsp3) is 0.545. The van der Waals surface area contributed by atoms with Crippen LogP contribution in [0.2, 0.25) is 0 Å². The molecule has 0 bridgehead atoms. The van der Waals surface area contributed by atoms with E-state index in [2.05, 4.69) is 17.2 Å². The first-order valence-electron chi connectivity index (χ1n) is 5.80. The van der Waals surface area contributed by atoms with Crippen LogP contribution in [0.3, 0.4) is 0 Å². The van der Waals surface area contributed by atoms with Gasteiger partial charge in [0.1, 0.15) is 5.69 Å². The second kappa shape index (κ2) is 4.93. The number of amidine groups is 2. The average Bonchev–Trinajstić information content (AvgIpc) is 2.80. The Kier molecular flexibility index (Phi) is 3.54. The zero-order chi connectivity index (χ0) is 12.4. The summed E-state index contributed by atoms with van der Waals surface area (Å²) in [6, 6.07) is 0.119. The maximum atomic E-state index is 8.17. The van der Waals surface area contributed by atoms with Crippen molar-refractivity contribution < 1.29 is 4.58 Å². The molecule has 0 fully saturated rings. The fourth-order valence-electron chi connectivity index (χ4n) is 1.82. The Morgan fingerprint density at radius 2 is 2.53 bits per heavy atom. The minimum Gasteiger partial charge on any atom is -0.321 e. The number of rotatable bonds is 2. The molecular formula is C11H18N5S+. The second-order valence-electron chi connectivity index (χ2n) is 4.08. The van der Waals surface area contributed by atoms with Crippen molar-refractivity contribution in [3.8, 4) is 0 Å². The maximum absolute atomic E-state index is 8.17. The molecule has 5 nitrogen and oxygen atoms in total. The lowest BCUT2D eigenvalue weighted by Gasteiger charge is -2.21. The van der Waals surface area contributed by atoms with Gasteiger partial charge in [-0.05, 0) is 13.3 Å². The molecule has 0 saturated heterocycles. The van der Waals surface area contributed by atoms with Gasteiger partial charge < -0.3 is 11.1 Å². The predicted octanol–water partition coefficient (Wildman–Crippen LogP) is 0.392. The number of nitrogens with two attached hydrogens (primary N) is 1. The zero-order valence-electron chi connectivity index (χ0n) is 10.2. The summed E-state index contributed by atoms with van der Waals surface area (Å²) in [6.07, 6.45) is 0.912. The molecule has 1 atom stereocenters. The van der Waals surface area contributed by atoms with Gasteiger partial charge in [-0.1, -0.05) is 6.92 Å². The van der Waals surface area contributed by atoms with E-state index in [1.54, 1.807) is 11.3 Å². The molecule has 0 saturated carbocycles. The number of aryl methyl sites for hydroxylation is 1. The first-order valence-corrected chi connectivity index (χ1v) is 6.68. The zero-order valence-corrected chi connectivity index (χ0v) is 11.0. The Bertz CT molecular complexity index is 462. The van der Waals surface area contributed by atoms with Gasteiger partial charge in [-0.15, -0.1) is 11.3 Å². The Labute approximate surface area is 105 Å². The summed E-state index contributed by atoms with van der Waals surface area (Å²) in [5.74, 6) is 1.11. The molecule has 2 rings (SSSR count). The minimum absolute atomic E-state index is 0.119. The number of aromatic nitrogens is 1. The van der Waals surface area contributed by atoms with Crippen molar-refractivity contribution >= 4 is 23.0 Å².